The predicted molar refractivity (Wildman–Crippen MR) is 78.6 cm³/mol. The van der Waals surface area contributed by atoms with Crippen LogP contribution in [-0.4, -0.2) is 41.8 Å². The van der Waals surface area contributed by atoms with Gasteiger partial charge in [0.15, 0.2) is 0 Å². The first-order valence-electron chi connectivity index (χ1n) is 6.88. The van der Waals surface area contributed by atoms with Crippen molar-refractivity contribution in [3.05, 3.63) is 28.2 Å². The van der Waals surface area contributed by atoms with Crippen molar-refractivity contribution < 1.29 is 9.84 Å². The molecule has 0 bridgehead atoms. The van der Waals surface area contributed by atoms with Gasteiger partial charge >= 0.3 is 0 Å². The Hall–Kier alpha value is -0.580. The summed E-state index contributed by atoms with van der Waals surface area (Å²) in [6.07, 6.45) is 4.13. The Bertz CT molecular complexity index is 475. The molecule has 104 valence electrons. The largest absolute Gasteiger partial charge is 0.496 e. The van der Waals surface area contributed by atoms with Crippen LogP contribution in [0.15, 0.2) is 22.7 Å². The van der Waals surface area contributed by atoms with E-state index in [-0.39, 0.29) is 0 Å². The highest BCUT2D eigenvalue weighted by atomic mass is 79.9. The third-order valence-corrected chi connectivity index (χ3v) is 4.68. The standard InChI is InChI=1S/C15H20BrNO2/c1-19-14-5-2-12(16)8-11(14)9-15(18)6-7-17(10-15)13-3-4-13/h2,5,8,13,18H,3-4,6-7,9-10H2,1H3. The number of benzene rings is 1. The fraction of sp³-hybridized carbons (Fsp3) is 0.600. The Morgan fingerprint density at radius 2 is 2.26 bits per heavy atom. The molecule has 4 heteroatoms. The fourth-order valence-electron chi connectivity index (χ4n) is 3.02. The monoisotopic (exact) mass is 325 g/mol. The van der Waals surface area contributed by atoms with E-state index in [0.29, 0.717) is 6.42 Å². The Labute approximate surface area is 122 Å². The molecule has 1 saturated heterocycles. The number of hydrogen-bond acceptors (Lipinski definition) is 3. The maximum Gasteiger partial charge on any atom is 0.122 e. The van der Waals surface area contributed by atoms with E-state index in [4.69, 9.17) is 4.74 Å². The summed E-state index contributed by atoms with van der Waals surface area (Å²) in [6, 6.07) is 6.71. The van der Waals surface area contributed by atoms with E-state index in [9.17, 15) is 5.11 Å². The zero-order valence-corrected chi connectivity index (χ0v) is 12.8. The van der Waals surface area contributed by atoms with Crippen molar-refractivity contribution >= 4 is 15.9 Å². The summed E-state index contributed by atoms with van der Waals surface area (Å²) in [7, 11) is 1.68. The van der Waals surface area contributed by atoms with E-state index in [1.807, 2.05) is 12.1 Å². The molecule has 0 radical (unpaired) electrons. The molecule has 19 heavy (non-hydrogen) atoms. The number of likely N-dealkylation sites (tertiary alicyclic amines) is 1. The number of rotatable bonds is 4. The molecule has 0 amide bonds. The fourth-order valence-corrected chi connectivity index (χ4v) is 3.43. The number of ether oxygens (including phenoxy) is 1. The number of methoxy groups -OCH3 is 1. The van der Waals surface area contributed by atoms with E-state index in [0.717, 1.165) is 41.3 Å². The molecular weight excluding hydrogens is 306 g/mol. The van der Waals surface area contributed by atoms with Crippen LogP contribution < -0.4 is 4.74 Å². The summed E-state index contributed by atoms with van der Waals surface area (Å²) < 4.78 is 6.43. The molecule has 1 unspecified atom stereocenters. The van der Waals surface area contributed by atoms with Crippen LogP contribution in [0.3, 0.4) is 0 Å². The molecule has 1 aliphatic heterocycles. The van der Waals surface area contributed by atoms with Crippen LogP contribution in [0.5, 0.6) is 5.75 Å². The lowest BCUT2D eigenvalue weighted by Crippen LogP contribution is -2.36. The van der Waals surface area contributed by atoms with E-state index in [1.54, 1.807) is 7.11 Å². The smallest absolute Gasteiger partial charge is 0.122 e. The molecule has 1 aromatic carbocycles. The summed E-state index contributed by atoms with van der Waals surface area (Å²) in [5.74, 6) is 0.862. The summed E-state index contributed by atoms with van der Waals surface area (Å²) in [6.45, 7) is 1.82. The molecule has 1 atom stereocenters. The number of halogens is 1. The highest BCUT2D eigenvalue weighted by Gasteiger charge is 2.42. The first-order chi connectivity index (χ1) is 9.09. The number of aliphatic hydroxyl groups is 1. The molecule has 1 aliphatic carbocycles. The molecule has 3 nitrogen and oxygen atoms in total. The Morgan fingerprint density at radius 3 is 2.95 bits per heavy atom. The van der Waals surface area contributed by atoms with Crippen molar-refractivity contribution in [3.63, 3.8) is 0 Å². The molecular formula is C15H20BrNO2. The lowest BCUT2D eigenvalue weighted by atomic mass is 9.93. The first-order valence-corrected chi connectivity index (χ1v) is 7.68. The third-order valence-electron chi connectivity index (χ3n) is 4.19. The highest BCUT2D eigenvalue weighted by molar-refractivity contribution is 9.10. The Morgan fingerprint density at radius 1 is 1.47 bits per heavy atom. The topological polar surface area (TPSA) is 32.7 Å². The van der Waals surface area contributed by atoms with Gasteiger partial charge < -0.3 is 9.84 Å². The second-order valence-corrected chi connectivity index (χ2v) is 6.72. The van der Waals surface area contributed by atoms with E-state index < -0.39 is 5.60 Å². The van der Waals surface area contributed by atoms with Gasteiger partial charge in [-0.25, -0.2) is 0 Å². The summed E-state index contributed by atoms with van der Waals surface area (Å²) in [4.78, 5) is 2.43. The van der Waals surface area contributed by atoms with Crippen LogP contribution in [-0.2, 0) is 6.42 Å². The minimum Gasteiger partial charge on any atom is -0.496 e. The number of β-amino-alcohol motifs (C(OH)–C–C–N with tert-alkyl or cyclic N) is 1. The van der Waals surface area contributed by atoms with Crippen LogP contribution in [0.1, 0.15) is 24.8 Å². The van der Waals surface area contributed by atoms with Gasteiger partial charge in [0, 0.05) is 30.0 Å². The Balaban J connectivity index is 1.75. The molecule has 1 heterocycles. The average Bonchev–Trinajstić information content (AvgIpc) is 3.14. The lowest BCUT2D eigenvalue weighted by Gasteiger charge is -2.24. The van der Waals surface area contributed by atoms with E-state index in [2.05, 4.69) is 26.9 Å². The van der Waals surface area contributed by atoms with Crippen molar-refractivity contribution in [1.29, 1.82) is 0 Å². The third kappa shape index (κ3) is 2.96. The SMILES string of the molecule is COc1ccc(Br)cc1CC1(O)CCN(C2CC2)C1. The van der Waals surface area contributed by atoms with Crippen LogP contribution in [0.25, 0.3) is 0 Å². The molecule has 1 N–H and O–H groups in total. The highest BCUT2D eigenvalue weighted by Crippen LogP contribution is 2.36. The minimum atomic E-state index is -0.601. The maximum absolute atomic E-state index is 10.8. The zero-order valence-electron chi connectivity index (χ0n) is 11.2. The first kappa shape index (κ1) is 13.4. The number of nitrogens with zero attached hydrogens (tertiary/aromatic N) is 1. The molecule has 1 aromatic rings. The van der Waals surface area contributed by atoms with Crippen LogP contribution in [0.4, 0.5) is 0 Å². The molecule has 0 aromatic heterocycles. The second-order valence-electron chi connectivity index (χ2n) is 5.81. The molecule has 3 rings (SSSR count). The zero-order chi connectivity index (χ0) is 13.5. The van der Waals surface area contributed by atoms with Gasteiger partial charge in [0.1, 0.15) is 5.75 Å². The van der Waals surface area contributed by atoms with Crippen molar-refractivity contribution in [3.8, 4) is 5.75 Å². The van der Waals surface area contributed by atoms with E-state index in [1.165, 1.54) is 12.8 Å². The summed E-state index contributed by atoms with van der Waals surface area (Å²) in [5, 5.41) is 10.8. The Kier molecular flexibility index (Phi) is 3.58. The average molecular weight is 326 g/mol. The van der Waals surface area contributed by atoms with Gasteiger partial charge in [0.25, 0.3) is 0 Å². The summed E-state index contributed by atoms with van der Waals surface area (Å²) >= 11 is 3.49. The van der Waals surface area contributed by atoms with Crippen LogP contribution in [0.2, 0.25) is 0 Å². The van der Waals surface area contributed by atoms with Crippen LogP contribution >= 0.6 is 15.9 Å². The van der Waals surface area contributed by atoms with E-state index >= 15 is 0 Å². The molecule has 1 saturated carbocycles. The second kappa shape index (κ2) is 5.08. The molecule has 0 spiro atoms. The van der Waals surface area contributed by atoms with Crippen molar-refractivity contribution in [2.75, 3.05) is 20.2 Å². The lowest BCUT2D eigenvalue weighted by molar-refractivity contribution is 0.0481. The van der Waals surface area contributed by atoms with Gasteiger partial charge in [-0.05, 0) is 43.0 Å². The number of hydrogen-bond donors (Lipinski definition) is 1. The summed E-state index contributed by atoms with van der Waals surface area (Å²) in [5.41, 5.74) is 0.480. The minimum absolute atomic E-state index is 0.601. The quantitative estimate of drug-likeness (QED) is 0.923. The van der Waals surface area contributed by atoms with Gasteiger partial charge in [-0.2, -0.15) is 0 Å². The van der Waals surface area contributed by atoms with Crippen molar-refractivity contribution in [1.82, 2.24) is 4.90 Å². The van der Waals surface area contributed by atoms with Crippen molar-refractivity contribution in [2.45, 2.75) is 37.3 Å². The van der Waals surface area contributed by atoms with Gasteiger partial charge in [0.05, 0.1) is 12.7 Å². The predicted octanol–water partition coefficient (Wildman–Crippen LogP) is 2.60. The van der Waals surface area contributed by atoms with Gasteiger partial charge in [0.2, 0.25) is 0 Å². The van der Waals surface area contributed by atoms with Crippen LogP contribution in [0, 0.1) is 0 Å². The molecule has 2 fully saturated rings. The van der Waals surface area contributed by atoms with Gasteiger partial charge in [-0.3, -0.25) is 4.90 Å². The van der Waals surface area contributed by atoms with Crippen molar-refractivity contribution in [2.24, 2.45) is 0 Å². The normalized spacial score (nSPS) is 27.7. The molecule has 2 aliphatic rings. The van der Waals surface area contributed by atoms with Gasteiger partial charge in [-0.15, -0.1) is 0 Å². The maximum atomic E-state index is 10.8. The van der Waals surface area contributed by atoms with Gasteiger partial charge in [-0.1, -0.05) is 15.9 Å².